The Bertz CT molecular complexity index is 732. The van der Waals surface area contributed by atoms with E-state index in [4.69, 9.17) is 4.74 Å². The Balaban J connectivity index is 2.25. The van der Waals surface area contributed by atoms with Crippen LogP contribution in [0.15, 0.2) is 40.9 Å². The Kier molecular flexibility index (Phi) is 5.87. The first-order chi connectivity index (χ1) is 11.0. The lowest BCUT2D eigenvalue weighted by molar-refractivity contribution is 0.0506. The number of ether oxygens (including phenoxy) is 1. The molecule has 0 unspecified atom stereocenters. The van der Waals surface area contributed by atoms with Crippen molar-refractivity contribution in [2.45, 2.75) is 20.3 Å². The van der Waals surface area contributed by atoms with Crippen molar-refractivity contribution >= 4 is 33.5 Å². The van der Waals surface area contributed by atoms with Crippen molar-refractivity contribution in [1.29, 1.82) is 0 Å². The number of nitrogens with one attached hydrogen (secondary N) is 1. The number of hydrogen-bond acceptors (Lipinski definition) is 4. The number of halogens is 1. The molecule has 0 bridgehead atoms. The summed E-state index contributed by atoms with van der Waals surface area (Å²) in [6, 6.07) is 10.2. The SMILES string of the molecule is CCCOC(=O)c1cc(Br)ccc1NC(=O)c1cccc(C)n1. The van der Waals surface area contributed by atoms with E-state index in [2.05, 4.69) is 26.2 Å². The molecule has 1 aromatic heterocycles. The summed E-state index contributed by atoms with van der Waals surface area (Å²) < 4.78 is 5.88. The monoisotopic (exact) mass is 376 g/mol. The summed E-state index contributed by atoms with van der Waals surface area (Å²) in [5, 5.41) is 2.72. The highest BCUT2D eigenvalue weighted by atomic mass is 79.9. The number of pyridine rings is 1. The van der Waals surface area contributed by atoms with E-state index >= 15 is 0 Å². The first-order valence-corrected chi connectivity index (χ1v) is 8.02. The van der Waals surface area contributed by atoms with Gasteiger partial charge in [-0.2, -0.15) is 0 Å². The fourth-order valence-corrected chi connectivity index (χ4v) is 2.28. The highest BCUT2D eigenvalue weighted by molar-refractivity contribution is 9.10. The number of hydrogen-bond donors (Lipinski definition) is 1. The van der Waals surface area contributed by atoms with Gasteiger partial charge in [0.05, 0.1) is 17.9 Å². The molecule has 0 saturated carbocycles. The third-order valence-electron chi connectivity index (χ3n) is 3.01. The molecule has 1 aromatic carbocycles. The number of carbonyl (C=O) groups is 2. The van der Waals surface area contributed by atoms with Crippen molar-refractivity contribution in [1.82, 2.24) is 4.98 Å². The van der Waals surface area contributed by atoms with Gasteiger partial charge in [0.25, 0.3) is 5.91 Å². The van der Waals surface area contributed by atoms with Crippen molar-refractivity contribution < 1.29 is 14.3 Å². The number of anilines is 1. The van der Waals surface area contributed by atoms with Gasteiger partial charge in [0.2, 0.25) is 0 Å². The van der Waals surface area contributed by atoms with Gasteiger partial charge >= 0.3 is 5.97 Å². The Labute approximate surface area is 143 Å². The Morgan fingerprint density at radius 1 is 1.26 bits per heavy atom. The number of aromatic nitrogens is 1. The molecule has 23 heavy (non-hydrogen) atoms. The van der Waals surface area contributed by atoms with Crippen LogP contribution in [0.3, 0.4) is 0 Å². The molecule has 1 heterocycles. The number of aryl methyl sites for hydroxylation is 1. The number of esters is 1. The molecule has 120 valence electrons. The van der Waals surface area contributed by atoms with Gasteiger partial charge in [-0.1, -0.05) is 28.9 Å². The van der Waals surface area contributed by atoms with Crippen molar-refractivity contribution in [3.05, 3.63) is 57.8 Å². The summed E-state index contributed by atoms with van der Waals surface area (Å²) in [4.78, 5) is 28.6. The third-order valence-corrected chi connectivity index (χ3v) is 3.50. The largest absolute Gasteiger partial charge is 0.462 e. The molecular formula is C17H17BrN2O3. The molecule has 0 atom stereocenters. The smallest absolute Gasteiger partial charge is 0.340 e. The van der Waals surface area contributed by atoms with Crippen molar-refractivity contribution in [2.24, 2.45) is 0 Å². The minimum atomic E-state index is -0.472. The summed E-state index contributed by atoms with van der Waals surface area (Å²) >= 11 is 3.32. The molecule has 0 fully saturated rings. The lowest BCUT2D eigenvalue weighted by Crippen LogP contribution is -2.17. The maximum atomic E-state index is 12.3. The predicted octanol–water partition coefficient (Wildman–Crippen LogP) is 3.97. The molecule has 0 aliphatic rings. The summed E-state index contributed by atoms with van der Waals surface area (Å²) in [6.45, 7) is 4.06. The maximum absolute atomic E-state index is 12.3. The predicted molar refractivity (Wildman–Crippen MR) is 91.6 cm³/mol. The van der Waals surface area contributed by atoms with Gasteiger partial charge in [-0.3, -0.25) is 4.79 Å². The molecule has 1 N–H and O–H groups in total. The highest BCUT2D eigenvalue weighted by Gasteiger charge is 2.16. The Morgan fingerprint density at radius 2 is 2.04 bits per heavy atom. The molecule has 0 aliphatic heterocycles. The number of rotatable bonds is 5. The van der Waals surface area contributed by atoms with E-state index < -0.39 is 5.97 Å². The van der Waals surface area contributed by atoms with Gasteiger partial charge in [-0.05, 0) is 43.7 Å². The van der Waals surface area contributed by atoms with Gasteiger partial charge in [-0.25, -0.2) is 9.78 Å². The summed E-state index contributed by atoms with van der Waals surface area (Å²) in [5.74, 6) is -0.846. The lowest BCUT2D eigenvalue weighted by Gasteiger charge is -2.11. The highest BCUT2D eigenvalue weighted by Crippen LogP contribution is 2.22. The van der Waals surface area contributed by atoms with Gasteiger partial charge in [0, 0.05) is 10.2 Å². The first kappa shape index (κ1) is 17.1. The standard InChI is InChI=1S/C17H17BrN2O3/c1-3-9-23-17(22)13-10-12(18)7-8-14(13)20-16(21)15-6-4-5-11(2)19-15/h4-8,10H,3,9H2,1-2H3,(H,20,21). The van der Waals surface area contributed by atoms with Crippen LogP contribution in [-0.4, -0.2) is 23.5 Å². The molecular weight excluding hydrogens is 360 g/mol. The fourth-order valence-electron chi connectivity index (χ4n) is 1.92. The first-order valence-electron chi connectivity index (χ1n) is 7.23. The quantitative estimate of drug-likeness (QED) is 0.801. The van der Waals surface area contributed by atoms with E-state index in [9.17, 15) is 9.59 Å². The van der Waals surface area contributed by atoms with Crippen LogP contribution in [0.1, 0.15) is 39.9 Å². The van der Waals surface area contributed by atoms with Crippen LogP contribution in [0.4, 0.5) is 5.69 Å². The zero-order chi connectivity index (χ0) is 16.8. The zero-order valence-electron chi connectivity index (χ0n) is 12.9. The molecule has 5 nitrogen and oxygen atoms in total. The summed E-state index contributed by atoms with van der Waals surface area (Å²) in [7, 11) is 0. The third kappa shape index (κ3) is 4.63. The number of carbonyl (C=O) groups excluding carboxylic acids is 2. The number of benzene rings is 1. The second kappa shape index (κ2) is 7.87. The van der Waals surface area contributed by atoms with Crippen LogP contribution >= 0.6 is 15.9 Å². The Morgan fingerprint density at radius 3 is 2.74 bits per heavy atom. The van der Waals surface area contributed by atoms with Crippen LogP contribution in [-0.2, 0) is 4.74 Å². The van der Waals surface area contributed by atoms with Crippen LogP contribution in [0.25, 0.3) is 0 Å². The molecule has 0 radical (unpaired) electrons. The van der Waals surface area contributed by atoms with E-state index in [0.29, 0.717) is 23.6 Å². The molecule has 6 heteroatoms. The molecule has 0 spiro atoms. The van der Waals surface area contributed by atoms with E-state index in [1.54, 1.807) is 30.3 Å². The van der Waals surface area contributed by atoms with Gasteiger partial charge in [-0.15, -0.1) is 0 Å². The lowest BCUT2D eigenvalue weighted by atomic mass is 10.1. The molecule has 2 aromatic rings. The normalized spacial score (nSPS) is 10.2. The van der Waals surface area contributed by atoms with Gasteiger partial charge in [0.15, 0.2) is 0 Å². The topological polar surface area (TPSA) is 68.3 Å². The summed E-state index contributed by atoms with van der Waals surface area (Å²) in [6.07, 6.45) is 0.731. The average molecular weight is 377 g/mol. The fraction of sp³-hybridized carbons (Fsp3) is 0.235. The molecule has 0 saturated heterocycles. The Hall–Kier alpha value is -2.21. The minimum absolute atomic E-state index is 0.292. The second-order valence-corrected chi connectivity index (χ2v) is 5.86. The van der Waals surface area contributed by atoms with E-state index in [1.165, 1.54) is 0 Å². The van der Waals surface area contributed by atoms with Crippen LogP contribution in [0.5, 0.6) is 0 Å². The van der Waals surface area contributed by atoms with Crippen LogP contribution in [0.2, 0.25) is 0 Å². The van der Waals surface area contributed by atoms with Crippen molar-refractivity contribution in [3.8, 4) is 0 Å². The van der Waals surface area contributed by atoms with Crippen LogP contribution in [0, 0.1) is 6.92 Å². The zero-order valence-corrected chi connectivity index (χ0v) is 14.5. The molecule has 1 amide bonds. The summed E-state index contributed by atoms with van der Waals surface area (Å²) in [5.41, 5.74) is 1.73. The van der Waals surface area contributed by atoms with Crippen molar-refractivity contribution in [3.63, 3.8) is 0 Å². The average Bonchev–Trinajstić information content (AvgIpc) is 2.54. The van der Waals surface area contributed by atoms with Crippen LogP contribution < -0.4 is 5.32 Å². The van der Waals surface area contributed by atoms with E-state index in [1.807, 2.05) is 19.9 Å². The minimum Gasteiger partial charge on any atom is -0.462 e. The van der Waals surface area contributed by atoms with E-state index in [-0.39, 0.29) is 5.91 Å². The van der Waals surface area contributed by atoms with Crippen molar-refractivity contribution in [2.75, 3.05) is 11.9 Å². The van der Waals surface area contributed by atoms with Gasteiger partial charge in [0.1, 0.15) is 5.69 Å². The molecule has 0 aliphatic carbocycles. The molecule has 2 rings (SSSR count). The number of nitrogens with zero attached hydrogens (tertiary/aromatic N) is 1. The van der Waals surface area contributed by atoms with E-state index in [0.717, 1.165) is 16.6 Å². The second-order valence-electron chi connectivity index (χ2n) is 4.94. The van der Waals surface area contributed by atoms with Gasteiger partial charge < -0.3 is 10.1 Å². The number of amides is 1. The maximum Gasteiger partial charge on any atom is 0.340 e.